The number of aryl methyl sites for hydroxylation is 1. The normalized spacial score (nSPS) is 19.2. The Hall–Kier alpha value is -1.36. The smallest absolute Gasteiger partial charge is 0.356 e. The Morgan fingerprint density at radius 3 is 3.00 bits per heavy atom. The van der Waals surface area contributed by atoms with Crippen molar-refractivity contribution in [1.29, 1.82) is 0 Å². The number of rotatable bonds is 4. The summed E-state index contributed by atoms with van der Waals surface area (Å²) in [5.41, 5.74) is 1.34. The van der Waals surface area contributed by atoms with E-state index in [1.807, 2.05) is 11.5 Å². The zero-order valence-corrected chi connectivity index (χ0v) is 9.60. The van der Waals surface area contributed by atoms with Gasteiger partial charge in [-0.05, 0) is 12.8 Å². The van der Waals surface area contributed by atoms with Crippen molar-refractivity contribution >= 4 is 5.97 Å². The van der Waals surface area contributed by atoms with Crippen LogP contribution >= 0.6 is 0 Å². The van der Waals surface area contributed by atoms with Gasteiger partial charge in [-0.3, -0.25) is 0 Å². The second-order valence-electron chi connectivity index (χ2n) is 3.82. The summed E-state index contributed by atoms with van der Waals surface area (Å²) in [6.45, 7) is 3.46. The van der Waals surface area contributed by atoms with E-state index in [1.165, 1.54) is 7.11 Å². The second kappa shape index (κ2) is 4.65. The molecule has 1 aromatic heterocycles. The van der Waals surface area contributed by atoms with Crippen molar-refractivity contribution in [2.24, 2.45) is 0 Å². The summed E-state index contributed by atoms with van der Waals surface area (Å²) in [6, 6.07) is 0. The summed E-state index contributed by atoms with van der Waals surface area (Å²) in [5.74, 6) is -0.325. The fourth-order valence-corrected chi connectivity index (χ4v) is 1.80. The van der Waals surface area contributed by atoms with E-state index in [4.69, 9.17) is 9.47 Å². The molecule has 1 atom stereocenters. The Bertz CT molecular complexity index is 383. The average Bonchev–Trinajstić information content (AvgIpc) is 2.65. The maximum Gasteiger partial charge on any atom is 0.356 e. The van der Waals surface area contributed by atoms with Gasteiger partial charge >= 0.3 is 5.97 Å². The third-order valence-corrected chi connectivity index (χ3v) is 2.82. The van der Waals surface area contributed by atoms with Crippen LogP contribution in [0.1, 0.15) is 29.5 Å². The molecule has 0 amide bonds. The van der Waals surface area contributed by atoms with Crippen LogP contribution < -0.4 is 0 Å². The lowest BCUT2D eigenvalue weighted by molar-refractivity contribution is -0.0595. The van der Waals surface area contributed by atoms with Crippen LogP contribution in [-0.2, 0) is 22.4 Å². The van der Waals surface area contributed by atoms with Crippen LogP contribution in [0.25, 0.3) is 0 Å². The summed E-state index contributed by atoms with van der Waals surface area (Å²) >= 11 is 0. The van der Waals surface area contributed by atoms with E-state index in [1.54, 1.807) is 6.33 Å². The van der Waals surface area contributed by atoms with E-state index >= 15 is 0 Å². The Morgan fingerprint density at radius 1 is 1.75 bits per heavy atom. The zero-order chi connectivity index (χ0) is 11.5. The SMILES string of the molecule is CCc1ncn(CC2CCO2)c1C(=O)OC. The van der Waals surface area contributed by atoms with Gasteiger partial charge in [0.1, 0.15) is 0 Å². The lowest BCUT2D eigenvalue weighted by Crippen LogP contribution is -2.32. The van der Waals surface area contributed by atoms with Crippen LogP contribution in [-0.4, -0.2) is 35.3 Å². The number of hydrogen-bond acceptors (Lipinski definition) is 4. The second-order valence-corrected chi connectivity index (χ2v) is 3.82. The highest BCUT2D eigenvalue weighted by Gasteiger charge is 2.23. The van der Waals surface area contributed by atoms with Crippen molar-refractivity contribution in [3.63, 3.8) is 0 Å². The summed E-state index contributed by atoms with van der Waals surface area (Å²) in [5, 5.41) is 0. The molecule has 0 bridgehead atoms. The van der Waals surface area contributed by atoms with E-state index in [0.29, 0.717) is 12.2 Å². The fourth-order valence-electron chi connectivity index (χ4n) is 1.80. The molecule has 1 aliphatic heterocycles. The van der Waals surface area contributed by atoms with Crippen LogP contribution in [0.5, 0.6) is 0 Å². The number of methoxy groups -OCH3 is 1. The lowest BCUT2D eigenvalue weighted by atomic mass is 10.2. The van der Waals surface area contributed by atoms with E-state index < -0.39 is 0 Å². The van der Waals surface area contributed by atoms with Gasteiger partial charge in [0.2, 0.25) is 0 Å². The molecule has 5 heteroatoms. The van der Waals surface area contributed by atoms with Gasteiger partial charge in [0.25, 0.3) is 0 Å². The van der Waals surface area contributed by atoms with E-state index in [-0.39, 0.29) is 12.1 Å². The molecule has 2 rings (SSSR count). The largest absolute Gasteiger partial charge is 0.464 e. The van der Waals surface area contributed by atoms with Crippen LogP contribution in [0.4, 0.5) is 0 Å². The Morgan fingerprint density at radius 2 is 2.50 bits per heavy atom. The predicted molar refractivity (Wildman–Crippen MR) is 57.3 cm³/mol. The Labute approximate surface area is 94.4 Å². The van der Waals surface area contributed by atoms with Gasteiger partial charge in [0.15, 0.2) is 5.69 Å². The molecule has 0 spiro atoms. The summed E-state index contributed by atoms with van der Waals surface area (Å²) in [7, 11) is 1.39. The molecule has 1 aromatic rings. The number of carbonyl (C=O) groups is 1. The highest BCUT2D eigenvalue weighted by molar-refractivity contribution is 5.88. The molecule has 88 valence electrons. The predicted octanol–water partition coefficient (Wildman–Crippen LogP) is 1.02. The van der Waals surface area contributed by atoms with Crippen LogP contribution in [0.3, 0.4) is 0 Å². The molecule has 5 nitrogen and oxygen atoms in total. The molecular weight excluding hydrogens is 208 g/mol. The Kier molecular flexibility index (Phi) is 3.24. The monoisotopic (exact) mass is 224 g/mol. The molecule has 1 saturated heterocycles. The summed E-state index contributed by atoms with van der Waals surface area (Å²) < 4.78 is 11.9. The van der Waals surface area contributed by atoms with Gasteiger partial charge in [-0.25, -0.2) is 9.78 Å². The summed E-state index contributed by atoms with van der Waals surface area (Å²) in [4.78, 5) is 15.9. The number of imidazole rings is 1. The minimum atomic E-state index is -0.325. The zero-order valence-electron chi connectivity index (χ0n) is 9.60. The lowest BCUT2D eigenvalue weighted by Gasteiger charge is -2.27. The molecule has 0 radical (unpaired) electrons. The van der Waals surface area contributed by atoms with Crippen LogP contribution in [0.15, 0.2) is 6.33 Å². The molecule has 0 aromatic carbocycles. The third-order valence-electron chi connectivity index (χ3n) is 2.82. The van der Waals surface area contributed by atoms with Gasteiger partial charge in [-0.15, -0.1) is 0 Å². The van der Waals surface area contributed by atoms with Gasteiger partial charge in [-0.1, -0.05) is 6.92 Å². The fraction of sp³-hybridized carbons (Fsp3) is 0.636. The number of nitrogens with zero attached hydrogens (tertiary/aromatic N) is 2. The first-order chi connectivity index (χ1) is 7.76. The minimum Gasteiger partial charge on any atom is -0.464 e. The molecule has 0 aliphatic carbocycles. The van der Waals surface area contributed by atoms with Gasteiger partial charge in [0, 0.05) is 6.61 Å². The maximum atomic E-state index is 11.6. The van der Waals surface area contributed by atoms with Crippen LogP contribution in [0.2, 0.25) is 0 Å². The summed E-state index contributed by atoms with van der Waals surface area (Å²) in [6.07, 6.45) is 3.66. The van der Waals surface area contributed by atoms with Crippen molar-refractivity contribution in [1.82, 2.24) is 9.55 Å². The first-order valence-electron chi connectivity index (χ1n) is 5.50. The molecule has 16 heavy (non-hydrogen) atoms. The maximum absolute atomic E-state index is 11.6. The van der Waals surface area contributed by atoms with Crippen molar-refractivity contribution in [2.75, 3.05) is 13.7 Å². The highest BCUT2D eigenvalue weighted by atomic mass is 16.5. The number of esters is 1. The van der Waals surface area contributed by atoms with Crippen molar-refractivity contribution < 1.29 is 14.3 Å². The molecule has 1 aliphatic rings. The van der Waals surface area contributed by atoms with E-state index in [9.17, 15) is 4.79 Å². The van der Waals surface area contributed by atoms with Crippen molar-refractivity contribution in [3.05, 3.63) is 17.7 Å². The van der Waals surface area contributed by atoms with Gasteiger partial charge in [-0.2, -0.15) is 0 Å². The molecule has 1 unspecified atom stereocenters. The average molecular weight is 224 g/mol. The molecule has 0 saturated carbocycles. The Balaban J connectivity index is 2.21. The van der Waals surface area contributed by atoms with Crippen molar-refractivity contribution in [3.8, 4) is 0 Å². The number of carbonyl (C=O) groups excluding carboxylic acids is 1. The number of aromatic nitrogens is 2. The first kappa shape index (κ1) is 11.1. The van der Waals surface area contributed by atoms with Gasteiger partial charge < -0.3 is 14.0 Å². The van der Waals surface area contributed by atoms with Gasteiger partial charge in [0.05, 0.1) is 31.8 Å². The molecular formula is C11H16N2O3. The molecule has 1 fully saturated rings. The number of hydrogen-bond donors (Lipinski definition) is 0. The quantitative estimate of drug-likeness (QED) is 0.716. The van der Waals surface area contributed by atoms with E-state index in [0.717, 1.165) is 25.1 Å². The standard InChI is InChI=1S/C11H16N2O3/c1-3-9-10(11(14)15-2)13(7-12-9)6-8-4-5-16-8/h7-8H,3-6H2,1-2H3. The van der Waals surface area contributed by atoms with E-state index in [2.05, 4.69) is 4.98 Å². The van der Waals surface area contributed by atoms with Crippen molar-refractivity contribution in [2.45, 2.75) is 32.4 Å². The van der Waals surface area contributed by atoms with Crippen LogP contribution in [0, 0.1) is 0 Å². The number of ether oxygens (including phenoxy) is 2. The minimum absolute atomic E-state index is 0.210. The first-order valence-corrected chi connectivity index (χ1v) is 5.50. The molecule has 0 N–H and O–H groups in total. The topological polar surface area (TPSA) is 53.4 Å². The molecule has 2 heterocycles. The highest BCUT2D eigenvalue weighted by Crippen LogP contribution is 2.17. The third kappa shape index (κ3) is 1.95.